The average molecular weight is 300 g/mol. The molecule has 100 valence electrons. The summed E-state index contributed by atoms with van der Waals surface area (Å²) in [5.74, 6) is 0.123. The van der Waals surface area contributed by atoms with E-state index in [9.17, 15) is 4.79 Å². The van der Waals surface area contributed by atoms with E-state index in [0.717, 1.165) is 26.8 Å². The summed E-state index contributed by atoms with van der Waals surface area (Å²) in [6.07, 6.45) is 0.361. The van der Waals surface area contributed by atoms with Crippen molar-refractivity contribution in [3.8, 4) is 11.3 Å². The van der Waals surface area contributed by atoms with E-state index in [4.69, 9.17) is 5.73 Å². The van der Waals surface area contributed by atoms with Gasteiger partial charge in [0.15, 0.2) is 5.78 Å². The van der Waals surface area contributed by atoms with E-state index in [2.05, 4.69) is 4.98 Å². The highest BCUT2D eigenvalue weighted by atomic mass is 32.1. The molecular formula is C15H12N2OS2. The minimum Gasteiger partial charge on any atom is -0.399 e. The van der Waals surface area contributed by atoms with Crippen molar-refractivity contribution in [1.82, 2.24) is 4.98 Å². The van der Waals surface area contributed by atoms with Crippen molar-refractivity contribution in [2.45, 2.75) is 6.42 Å². The molecule has 20 heavy (non-hydrogen) atoms. The summed E-state index contributed by atoms with van der Waals surface area (Å²) in [7, 11) is 0. The second kappa shape index (κ2) is 5.56. The van der Waals surface area contributed by atoms with Crippen LogP contribution in [0.4, 0.5) is 5.69 Å². The van der Waals surface area contributed by atoms with Crippen molar-refractivity contribution in [1.29, 1.82) is 0 Å². The predicted molar refractivity (Wildman–Crippen MR) is 84.3 cm³/mol. The number of anilines is 1. The number of nitrogens with two attached hydrogens (primary N) is 1. The summed E-state index contributed by atoms with van der Waals surface area (Å²) >= 11 is 2.98. The number of thiophene rings is 1. The molecule has 2 aromatic heterocycles. The third kappa shape index (κ3) is 2.79. The minimum absolute atomic E-state index is 0.123. The van der Waals surface area contributed by atoms with E-state index >= 15 is 0 Å². The summed E-state index contributed by atoms with van der Waals surface area (Å²) in [4.78, 5) is 17.3. The number of carbonyl (C=O) groups excluding carboxylic acids is 1. The van der Waals surface area contributed by atoms with Crippen molar-refractivity contribution >= 4 is 34.1 Å². The van der Waals surface area contributed by atoms with Gasteiger partial charge >= 0.3 is 0 Å². The number of rotatable bonds is 4. The van der Waals surface area contributed by atoms with E-state index in [1.165, 1.54) is 22.7 Å². The summed E-state index contributed by atoms with van der Waals surface area (Å²) < 4.78 is 0. The van der Waals surface area contributed by atoms with Gasteiger partial charge in [0.2, 0.25) is 0 Å². The van der Waals surface area contributed by atoms with Crippen LogP contribution in [-0.2, 0) is 6.42 Å². The Hall–Kier alpha value is -1.98. The fourth-order valence-corrected chi connectivity index (χ4v) is 3.31. The monoisotopic (exact) mass is 300 g/mol. The van der Waals surface area contributed by atoms with E-state index in [0.29, 0.717) is 6.42 Å². The standard InChI is InChI=1S/C15H12N2OS2/c16-11-5-3-10(4-6-11)12-9-20-15(17-12)8-13(18)14-2-1-7-19-14/h1-7,9H,8,16H2. The van der Waals surface area contributed by atoms with Crippen molar-refractivity contribution in [2.24, 2.45) is 0 Å². The van der Waals surface area contributed by atoms with E-state index in [1.807, 2.05) is 47.2 Å². The molecule has 0 fully saturated rings. The average Bonchev–Trinajstić information content (AvgIpc) is 3.10. The van der Waals surface area contributed by atoms with Gasteiger partial charge in [0.25, 0.3) is 0 Å². The number of carbonyl (C=O) groups is 1. The molecular weight excluding hydrogens is 288 g/mol. The molecule has 0 aliphatic carbocycles. The Labute approximate surface area is 124 Å². The molecule has 1 aromatic carbocycles. The van der Waals surface area contributed by atoms with Crippen LogP contribution in [0.5, 0.6) is 0 Å². The number of hydrogen-bond acceptors (Lipinski definition) is 5. The van der Waals surface area contributed by atoms with Gasteiger partial charge in [-0.1, -0.05) is 18.2 Å². The molecule has 3 nitrogen and oxygen atoms in total. The molecule has 0 spiro atoms. The number of benzene rings is 1. The van der Waals surface area contributed by atoms with E-state index < -0.39 is 0 Å². The number of thiazole rings is 1. The quantitative estimate of drug-likeness (QED) is 0.587. The zero-order chi connectivity index (χ0) is 13.9. The Balaban J connectivity index is 1.77. The van der Waals surface area contributed by atoms with Crippen molar-refractivity contribution in [2.75, 3.05) is 5.73 Å². The van der Waals surface area contributed by atoms with Crippen molar-refractivity contribution in [3.05, 3.63) is 57.0 Å². The lowest BCUT2D eigenvalue weighted by Crippen LogP contribution is -2.00. The molecule has 0 unspecified atom stereocenters. The topological polar surface area (TPSA) is 56.0 Å². The molecule has 0 amide bonds. The van der Waals surface area contributed by atoms with Gasteiger partial charge < -0.3 is 5.73 Å². The first kappa shape index (κ1) is 13.0. The van der Waals surface area contributed by atoms with Gasteiger partial charge in [-0.3, -0.25) is 4.79 Å². The molecule has 0 radical (unpaired) electrons. The van der Waals surface area contributed by atoms with Crippen molar-refractivity contribution < 1.29 is 4.79 Å². The number of ketones is 1. The second-order valence-electron chi connectivity index (χ2n) is 4.33. The Morgan fingerprint density at radius 1 is 1.15 bits per heavy atom. The Morgan fingerprint density at radius 2 is 1.95 bits per heavy atom. The molecule has 3 aromatic rings. The normalized spacial score (nSPS) is 10.6. The zero-order valence-electron chi connectivity index (χ0n) is 10.6. The van der Waals surface area contributed by atoms with Crippen LogP contribution in [0.3, 0.4) is 0 Å². The first-order chi connectivity index (χ1) is 9.72. The lowest BCUT2D eigenvalue weighted by molar-refractivity contribution is 0.0997. The van der Waals surface area contributed by atoms with Crippen LogP contribution < -0.4 is 5.73 Å². The second-order valence-corrected chi connectivity index (χ2v) is 6.22. The summed E-state index contributed by atoms with van der Waals surface area (Å²) in [6, 6.07) is 11.3. The summed E-state index contributed by atoms with van der Waals surface area (Å²) in [5.41, 5.74) is 8.31. The molecule has 0 bridgehead atoms. The maximum atomic E-state index is 12.0. The van der Waals surface area contributed by atoms with E-state index in [-0.39, 0.29) is 5.78 Å². The minimum atomic E-state index is 0.123. The number of aromatic nitrogens is 1. The maximum Gasteiger partial charge on any atom is 0.179 e. The number of nitrogen functional groups attached to an aromatic ring is 1. The van der Waals surface area contributed by atoms with Crippen LogP contribution in [-0.4, -0.2) is 10.8 Å². The van der Waals surface area contributed by atoms with Crippen LogP contribution >= 0.6 is 22.7 Å². The number of hydrogen-bond donors (Lipinski definition) is 1. The zero-order valence-corrected chi connectivity index (χ0v) is 12.2. The molecule has 3 rings (SSSR count). The highest BCUT2D eigenvalue weighted by Crippen LogP contribution is 2.24. The molecule has 2 heterocycles. The third-order valence-corrected chi connectivity index (χ3v) is 4.63. The molecule has 0 aliphatic rings. The van der Waals surface area contributed by atoms with Gasteiger partial charge in [-0.2, -0.15) is 0 Å². The molecule has 0 aliphatic heterocycles. The van der Waals surface area contributed by atoms with Crippen molar-refractivity contribution in [3.63, 3.8) is 0 Å². The molecule has 0 saturated carbocycles. The van der Waals surface area contributed by atoms with Gasteiger partial charge in [-0.15, -0.1) is 22.7 Å². The molecule has 0 saturated heterocycles. The Morgan fingerprint density at radius 3 is 2.65 bits per heavy atom. The highest BCUT2D eigenvalue weighted by Gasteiger charge is 2.11. The van der Waals surface area contributed by atoms with Gasteiger partial charge in [-0.25, -0.2) is 4.98 Å². The van der Waals surface area contributed by atoms with Crippen LogP contribution in [0.15, 0.2) is 47.2 Å². The fourth-order valence-electron chi connectivity index (χ4n) is 1.84. The maximum absolute atomic E-state index is 12.0. The Bertz CT molecular complexity index is 715. The van der Waals surface area contributed by atoms with Gasteiger partial charge in [-0.05, 0) is 23.6 Å². The lowest BCUT2D eigenvalue weighted by Gasteiger charge is -1.97. The first-order valence-corrected chi connectivity index (χ1v) is 7.85. The van der Waals surface area contributed by atoms with Crippen LogP contribution in [0.1, 0.15) is 14.7 Å². The largest absolute Gasteiger partial charge is 0.399 e. The van der Waals surface area contributed by atoms with Gasteiger partial charge in [0, 0.05) is 16.6 Å². The van der Waals surface area contributed by atoms with Crippen LogP contribution in [0.25, 0.3) is 11.3 Å². The Kier molecular flexibility index (Phi) is 3.62. The predicted octanol–water partition coefficient (Wildman–Crippen LogP) is 3.88. The molecule has 5 heteroatoms. The highest BCUT2D eigenvalue weighted by molar-refractivity contribution is 7.12. The lowest BCUT2D eigenvalue weighted by atomic mass is 10.1. The first-order valence-electron chi connectivity index (χ1n) is 6.09. The SMILES string of the molecule is Nc1ccc(-c2csc(CC(=O)c3cccs3)n2)cc1. The molecule has 0 atom stereocenters. The molecule has 2 N–H and O–H groups in total. The smallest absolute Gasteiger partial charge is 0.179 e. The van der Waals surface area contributed by atoms with E-state index in [1.54, 1.807) is 0 Å². The summed E-state index contributed by atoms with van der Waals surface area (Å²) in [6.45, 7) is 0. The van der Waals surface area contributed by atoms with Gasteiger partial charge in [0.05, 0.1) is 17.0 Å². The third-order valence-electron chi connectivity index (χ3n) is 2.87. The number of nitrogens with zero attached hydrogens (tertiary/aromatic N) is 1. The fraction of sp³-hybridized carbons (Fsp3) is 0.0667. The van der Waals surface area contributed by atoms with Crippen LogP contribution in [0.2, 0.25) is 0 Å². The number of Topliss-reactive ketones (excluding diaryl/α,β-unsaturated/α-hetero) is 1. The summed E-state index contributed by atoms with van der Waals surface area (Å²) in [5, 5.41) is 4.73. The van der Waals surface area contributed by atoms with Gasteiger partial charge in [0.1, 0.15) is 5.01 Å². The van der Waals surface area contributed by atoms with Crippen LogP contribution in [0, 0.1) is 0 Å².